The molecule has 1 aromatic rings. The topological polar surface area (TPSA) is 0 Å². The van der Waals surface area contributed by atoms with Crippen LogP contribution in [0.25, 0.3) is 5.57 Å². The van der Waals surface area contributed by atoms with Crippen LogP contribution in [0.3, 0.4) is 0 Å². The lowest BCUT2D eigenvalue weighted by atomic mass is 10.1. The van der Waals surface area contributed by atoms with Gasteiger partial charge in [-0.3, -0.25) is 0 Å². The molecular formula is C9H4F6. The van der Waals surface area contributed by atoms with Crippen molar-refractivity contribution >= 4 is 5.57 Å². The van der Waals surface area contributed by atoms with E-state index in [1.165, 1.54) is 0 Å². The van der Waals surface area contributed by atoms with Gasteiger partial charge in [-0.2, -0.15) is 13.2 Å². The first-order valence-electron chi connectivity index (χ1n) is 3.64. The number of alkyl halides is 3. The SMILES string of the molecule is C=C(c1cc(F)c(F)c(F)c1)C(F)(F)F. The molecule has 0 bridgehead atoms. The van der Waals surface area contributed by atoms with Gasteiger partial charge < -0.3 is 0 Å². The molecule has 0 heterocycles. The van der Waals surface area contributed by atoms with Crippen LogP contribution in [0.5, 0.6) is 0 Å². The van der Waals surface area contributed by atoms with Crippen molar-refractivity contribution < 1.29 is 26.3 Å². The van der Waals surface area contributed by atoms with Gasteiger partial charge >= 0.3 is 6.18 Å². The number of benzene rings is 1. The highest BCUT2D eigenvalue weighted by Gasteiger charge is 2.33. The highest BCUT2D eigenvalue weighted by molar-refractivity contribution is 5.67. The lowest BCUT2D eigenvalue weighted by Crippen LogP contribution is -2.10. The van der Waals surface area contributed by atoms with Crippen LogP contribution < -0.4 is 0 Å². The van der Waals surface area contributed by atoms with Crippen molar-refractivity contribution in [1.29, 1.82) is 0 Å². The van der Waals surface area contributed by atoms with Crippen molar-refractivity contribution in [3.05, 3.63) is 41.7 Å². The molecule has 0 amide bonds. The maximum absolute atomic E-state index is 12.6. The minimum atomic E-state index is -4.81. The lowest BCUT2D eigenvalue weighted by Gasteiger charge is -2.10. The Balaban J connectivity index is 3.24. The van der Waals surface area contributed by atoms with Gasteiger partial charge in [0.2, 0.25) is 0 Å². The van der Waals surface area contributed by atoms with Crippen molar-refractivity contribution in [3.8, 4) is 0 Å². The molecule has 6 heteroatoms. The largest absolute Gasteiger partial charge is 0.416 e. The minimum absolute atomic E-state index is 0.244. The Morgan fingerprint density at radius 1 is 1.00 bits per heavy atom. The number of hydrogen-bond acceptors (Lipinski definition) is 0. The van der Waals surface area contributed by atoms with Crippen LogP contribution in [-0.4, -0.2) is 6.18 Å². The average molecular weight is 226 g/mol. The van der Waals surface area contributed by atoms with E-state index in [0.717, 1.165) is 0 Å². The van der Waals surface area contributed by atoms with E-state index in [4.69, 9.17) is 0 Å². The van der Waals surface area contributed by atoms with Crippen LogP contribution in [-0.2, 0) is 0 Å². The van der Waals surface area contributed by atoms with Crippen LogP contribution in [0.4, 0.5) is 26.3 Å². The second kappa shape index (κ2) is 3.60. The molecule has 0 nitrogen and oxygen atoms in total. The maximum Gasteiger partial charge on any atom is 0.416 e. The Bertz CT molecular complexity index is 381. The first-order chi connectivity index (χ1) is 6.73. The zero-order chi connectivity index (χ0) is 11.8. The minimum Gasteiger partial charge on any atom is -0.204 e. The van der Waals surface area contributed by atoms with Crippen molar-refractivity contribution in [1.82, 2.24) is 0 Å². The van der Waals surface area contributed by atoms with Gasteiger partial charge in [-0.05, 0) is 17.7 Å². The second-order valence-corrected chi connectivity index (χ2v) is 2.73. The summed E-state index contributed by atoms with van der Waals surface area (Å²) in [5.74, 6) is -5.18. The molecule has 82 valence electrons. The van der Waals surface area contributed by atoms with Crippen molar-refractivity contribution in [2.75, 3.05) is 0 Å². The van der Waals surface area contributed by atoms with Gasteiger partial charge in [0.15, 0.2) is 17.5 Å². The quantitative estimate of drug-likeness (QED) is 0.506. The smallest absolute Gasteiger partial charge is 0.204 e. The van der Waals surface area contributed by atoms with E-state index in [9.17, 15) is 26.3 Å². The average Bonchev–Trinajstić information content (AvgIpc) is 2.10. The Hall–Kier alpha value is -1.46. The van der Waals surface area contributed by atoms with Crippen molar-refractivity contribution in [2.24, 2.45) is 0 Å². The highest BCUT2D eigenvalue weighted by Crippen LogP contribution is 2.33. The summed E-state index contributed by atoms with van der Waals surface area (Å²) in [5, 5.41) is 0. The highest BCUT2D eigenvalue weighted by atomic mass is 19.4. The number of halogens is 6. The summed E-state index contributed by atoms with van der Waals surface area (Å²) in [4.78, 5) is 0. The summed E-state index contributed by atoms with van der Waals surface area (Å²) in [6.45, 7) is 2.63. The molecule has 0 atom stereocenters. The van der Waals surface area contributed by atoms with E-state index in [0.29, 0.717) is 0 Å². The Morgan fingerprint density at radius 3 is 1.73 bits per heavy atom. The molecule has 0 radical (unpaired) electrons. The fourth-order valence-corrected chi connectivity index (χ4v) is 0.893. The summed E-state index contributed by atoms with van der Waals surface area (Å²) < 4.78 is 73.7. The van der Waals surface area contributed by atoms with Crippen LogP contribution in [0.15, 0.2) is 18.7 Å². The third-order valence-electron chi connectivity index (χ3n) is 1.67. The van der Waals surface area contributed by atoms with E-state index in [1.54, 1.807) is 0 Å². The molecule has 0 spiro atoms. The van der Waals surface area contributed by atoms with Crippen LogP contribution in [0.1, 0.15) is 5.56 Å². The van der Waals surface area contributed by atoms with Crippen LogP contribution in [0, 0.1) is 17.5 Å². The fraction of sp³-hybridized carbons (Fsp3) is 0.111. The van der Waals surface area contributed by atoms with Gasteiger partial charge in [-0.1, -0.05) is 6.58 Å². The lowest BCUT2D eigenvalue weighted by molar-refractivity contribution is -0.0686. The second-order valence-electron chi connectivity index (χ2n) is 2.73. The molecule has 0 saturated heterocycles. The molecule has 0 aliphatic heterocycles. The molecule has 0 aliphatic rings. The van der Waals surface area contributed by atoms with Gasteiger partial charge in [-0.15, -0.1) is 0 Å². The summed E-state index contributed by atoms with van der Waals surface area (Å²) in [6.07, 6.45) is -4.81. The van der Waals surface area contributed by atoms with E-state index in [-0.39, 0.29) is 12.1 Å². The molecule has 0 saturated carbocycles. The number of hydrogen-bond donors (Lipinski definition) is 0. The molecule has 0 unspecified atom stereocenters. The van der Waals surface area contributed by atoms with Gasteiger partial charge in [0, 0.05) is 0 Å². The Labute approximate surface area is 80.8 Å². The first kappa shape index (κ1) is 11.6. The molecule has 0 N–H and O–H groups in total. The Kier molecular flexibility index (Phi) is 2.79. The summed E-state index contributed by atoms with van der Waals surface area (Å²) in [7, 11) is 0. The third-order valence-corrected chi connectivity index (χ3v) is 1.67. The monoisotopic (exact) mass is 226 g/mol. The third kappa shape index (κ3) is 2.31. The summed E-state index contributed by atoms with van der Waals surface area (Å²) in [5.41, 5.74) is -2.26. The van der Waals surface area contributed by atoms with Crippen molar-refractivity contribution in [3.63, 3.8) is 0 Å². The molecular weight excluding hydrogens is 222 g/mol. The van der Waals surface area contributed by atoms with E-state index < -0.39 is 34.8 Å². The van der Waals surface area contributed by atoms with E-state index >= 15 is 0 Å². The fourth-order valence-electron chi connectivity index (χ4n) is 0.893. The zero-order valence-electron chi connectivity index (χ0n) is 7.13. The van der Waals surface area contributed by atoms with E-state index in [1.807, 2.05) is 0 Å². The van der Waals surface area contributed by atoms with Gasteiger partial charge in [0.05, 0.1) is 5.57 Å². The number of allylic oxidation sites excluding steroid dienone is 1. The molecule has 0 fully saturated rings. The molecule has 1 aromatic carbocycles. The molecule has 1 rings (SSSR count). The summed E-state index contributed by atoms with van der Waals surface area (Å²) in [6, 6.07) is 0.489. The van der Waals surface area contributed by atoms with Crippen molar-refractivity contribution in [2.45, 2.75) is 6.18 Å². The van der Waals surface area contributed by atoms with Gasteiger partial charge in [-0.25, -0.2) is 13.2 Å². The van der Waals surface area contributed by atoms with Gasteiger partial charge in [0.1, 0.15) is 0 Å². The molecule has 0 aliphatic carbocycles. The predicted octanol–water partition coefficient (Wildman–Crippen LogP) is 3.68. The maximum atomic E-state index is 12.6. The predicted molar refractivity (Wildman–Crippen MR) is 41.4 cm³/mol. The van der Waals surface area contributed by atoms with Gasteiger partial charge in [0.25, 0.3) is 0 Å². The molecule has 15 heavy (non-hydrogen) atoms. The summed E-state index contributed by atoms with van der Waals surface area (Å²) >= 11 is 0. The van der Waals surface area contributed by atoms with Crippen LogP contribution in [0.2, 0.25) is 0 Å². The van der Waals surface area contributed by atoms with E-state index in [2.05, 4.69) is 6.58 Å². The Morgan fingerprint density at radius 2 is 1.40 bits per heavy atom. The number of rotatable bonds is 1. The van der Waals surface area contributed by atoms with Crippen LogP contribution >= 0.6 is 0 Å². The molecule has 0 aromatic heterocycles. The first-order valence-corrected chi connectivity index (χ1v) is 3.64. The normalized spacial score (nSPS) is 11.6. The standard InChI is InChI=1S/C9H4F6/c1-4(9(13,14)15)5-2-6(10)8(12)7(11)3-5/h2-3H,1H2. The zero-order valence-corrected chi connectivity index (χ0v) is 7.13.